The summed E-state index contributed by atoms with van der Waals surface area (Å²) < 4.78 is 7.30. The number of amides is 1. The molecule has 0 fully saturated rings. The molecule has 0 unspecified atom stereocenters. The van der Waals surface area contributed by atoms with Crippen LogP contribution in [-0.2, 0) is 11.3 Å². The number of hydrogen-bond donors (Lipinski definition) is 1. The quantitative estimate of drug-likeness (QED) is 0.756. The minimum absolute atomic E-state index is 0.143. The molecule has 1 aromatic carbocycles. The fourth-order valence-electron chi connectivity index (χ4n) is 2.69. The molecule has 1 N–H and O–H groups in total. The number of benzene rings is 1. The van der Waals surface area contributed by atoms with Crippen LogP contribution in [-0.4, -0.2) is 34.2 Å². The first-order valence-electron chi connectivity index (χ1n) is 7.85. The first-order chi connectivity index (χ1) is 11.7. The van der Waals surface area contributed by atoms with Crippen molar-refractivity contribution in [2.24, 2.45) is 0 Å². The Kier molecular flexibility index (Phi) is 4.86. The van der Waals surface area contributed by atoms with E-state index in [1.54, 1.807) is 31.6 Å². The molecule has 0 spiro atoms. The van der Waals surface area contributed by atoms with Gasteiger partial charge in [-0.05, 0) is 31.2 Å². The number of nitrogens with zero attached hydrogens (tertiary/aromatic N) is 3. The average Bonchev–Trinajstić information content (AvgIpc) is 2.99. The third-order valence-corrected chi connectivity index (χ3v) is 3.88. The highest BCUT2D eigenvalue weighted by molar-refractivity contribution is 5.94. The van der Waals surface area contributed by atoms with Crippen molar-refractivity contribution in [3.05, 3.63) is 60.2 Å². The molecule has 3 rings (SSSR count). The summed E-state index contributed by atoms with van der Waals surface area (Å²) >= 11 is 0. The number of carbonyl (C=O) groups is 1. The molecule has 3 aromatic rings. The van der Waals surface area contributed by atoms with Crippen LogP contribution in [0.2, 0.25) is 0 Å². The van der Waals surface area contributed by atoms with Gasteiger partial charge in [-0.1, -0.05) is 12.1 Å². The van der Waals surface area contributed by atoms with Crippen molar-refractivity contribution in [2.75, 3.05) is 13.7 Å². The summed E-state index contributed by atoms with van der Waals surface area (Å²) in [6.07, 6.45) is 3.21. The smallest absolute Gasteiger partial charge is 0.251 e. The minimum Gasteiger partial charge on any atom is -0.383 e. The molecule has 24 heavy (non-hydrogen) atoms. The summed E-state index contributed by atoms with van der Waals surface area (Å²) in [6.45, 7) is 3.20. The Hall–Kier alpha value is -2.73. The second-order valence-electron chi connectivity index (χ2n) is 5.53. The molecular formula is C18H20N4O2. The van der Waals surface area contributed by atoms with Crippen molar-refractivity contribution in [1.29, 1.82) is 0 Å². The van der Waals surface area contributed by atoms with Gasteiger partial charge in [-0.15, -0.1) is 0 Å². The Labute approximate surface area is 140 Å². The Bertz CT molecular complexity index is 829. The van der Waals surface area contributed by atoms with Crippen molar-refractivity contribution in [2.45, 2.75) is 19.5 Å². The number of para-hydroxylation sites is 2. The summed E-state index contributed by atoms with van der Waals surface area (Å²) in [7, 11) is 1.67. The van der Waals surface area contributed by atoms with Gasteiger partial charge in [0, 0.05) is 31.6 Å². The number of ether oxygens (including phenoxy) is 1. The highest BCUT2D eigenvalue weighted by atomic mass is 16.5. The Balaban J connectivity index is 1.88. The zero-order valence-corrected chi connectivity index (χ0v) is 13.8. The monoisotopic (exact) mass is 324 g/mol. The molecule has 0 saturated heterocycles. The maximum Gasteiger partial charge on any atom is 0.251 e. The van der Waals surface area contributed by atoms with E-state index in [4.69, 9.17) is 9.72 Å². The molecule has 2 heterocycles. The van der Waals surface area contributed by atoms with Crippen LogP contribution in [0.5, 0.6) is 0 Å². The number of hydrogen-bond acceptors (Lipinski definition) is 4. The molecule has 124 valence electrons. The third kappa shape index (κ3) is 3.28. The zero-order chi connectivity index (χ0) is 16.9. The van der Waals surface area contributed by atoms with Crippen LogP contribution >= 0.6 is 0 Å². The number of methoxy groups -OCH3 is 1. The lowest BCUT2D eigenvalue weighted by Gasteiger charge is -2.16. The summed E-state index contributed by atoms with van der Waals surface area (Å²) in [5.41, 5.74) is 2.53. The molecule has 2 aromatic heterocycles. The number of carbonyl (C=O) groups excluding carboxylic acids is 1. The largest absolute Gasteiger partial charge is 0.383 e. The van der Waals surface area contributed by atoms with Crippen LogP contribution in [0.3, 0.4) is 0 Å². The standard InChI is InChI=1S/C18H20N4O2/c1-13(20-18(23)14-7-9-19-10-8-14)17-21-15-5-3-4-6-16(15)22(17)11-12-24-2/h3-10,13H,11-12H2,1-2H3,(H,20,23)/t13-/m1/s1. The molecule has 0 aliphatic rings. The summed E-state index contributed by atoms with van der Waals surface area (Å²) in [6, 6.07) is 11.1. The van der Waals surface area contributed by atoms with Crippen molar-refractivity contribution in [3.63, 3.8) is 0 Å². The highest BCUT2D eigenvalue weighted by Crippen LogP contribution is 2.21. The van der Waals surface area contributed by atoms with Gasteiger partial charge >= 0.3 is 0 Å². The maximum absolute atomic E-state index is 12.4. The average molecular weight is 324 g/mol. The van der Waals surface area contributed by atoms with Crippen molar-refractivity contribution in [3.8, 4) is 0 Å². The molecule has 1 atom stereocenters. The SMILES string of the molecule is COCCn1c([C@@H](C)NC(=O)c2ccncc2)nc2ccccc21. The number of imidazole rings is 1. The normalized spacial score (nSPS) is 12.2. The predicted molar refractivity (Wildman–Crippen MR) is 91.7 cm³/mol. The van der Waals surface area contributed by atoms with Crippen molar-refractivity contribution in [1.82, 2.24) is 19.9 Å². The second-order valence-corrected chi connectivity index (χ2v) is 5.53. The molecule has 6 heteroatoms. The summed E-state index contributed by atoms with van der Waals surface area (Å²) in [5.74, 6) is 0.672. The van der Waals surface area contributed by atoms with E-state index in [0.29, 0.717) is 18.7 Å². The van der Waals surface area contributed by atoms with E-state index >= 15 is 0 Å². The lowest BCUT2D eigenvalue weighted by Crippen LogP contribution is -2.29. The van der Waals surface area contributed by atoms with Gasteiger partial charge in [-0.2, -0.15) is 0 Å². The molecular weight excluding hydrogens is 304 g/mol. The number of nitrogens with one attached hydrogen (secondary N) is 1. The molecule has 1 amide bonds. The lowest BCUT2D eigenvalue weighted by molar-refractivity contribution is 0.0937. The van der Waals surface area contributed by atoms with E-state index < -0.39 is 0 Å². The number of aromatic nitrogens is 3. The molecule has 0 bridgehead atoms. The van der Waals surface area contributed by atoms with Gasteiger partial charge in [-0.25, -0.2) is 4.98 Å². The van der Waals surface area contributed by atoms with E-state index in [9.17, 15) is 4.79 Å². The van der Waals surface area contributed by atoms with E-state index in [2.05, 4.69) is 14.9 Å². The predicted octanol–water partition coefficient (Wildman–Crippen LogP) is 2.57. The summed E-state index contributed by atoms with van der Waals surface area (Å²) in [4.78, 5) is 21.0. The van der Waals surface area contributed by atoms with Gasteiger partial charge in [0.2, 0.25) is 0 Å². The van der Waals surface area contributed by atoms with E-state index in [1.165, 1.54) is 0 Å². The van der Waals surface area contributed by atoms with Crippen LogP contribution in [0.1, 0.15) is 29.1 Å². The third-order valence-electron chi connectivity index (χ3n) is 3.88. The maximum atomic E-state index is 12.4. The topological polar surface area (TPSA) is 69.0 Å². The zero-order valence-electron chi connectivity index (χ0n) is 13.8. The van der Waals surface area contributed by atoms with Gasteiger partial charge < -0.3 is 14.6 Å². The fraction of sp³-hybridized carbons (Fsp3) is 0.278. The van der Waals surface area contributed by atoms with Gasteiger partial charge in [0.15, 0.2) is 0 Å². The van der Waals surface area contributed by atoms with E-state index in [0.717, 1.165) is 16.9 Å². The Morgan fingerprint density at radius 3 is 2.75 bits per heavy atom. The number of rotatable bonds is 6. The van der Waals surface area contributed by atoms with Crippen LogP contribution in [0.15, 0.2) is 48.8 Å². The molecule has 6 nitrogen and oxygen atoms in total. The Morgan fingerprint density at radius 2 is 2.00 bits per heavy atom. The van der Waals surface area contributed by atoms with Gasteiger partial charge in [0.05, 0.1) is 23.7 Å². The van der Waals surface area contributed by atoms with Crippen LogP contribution in [0, 0.1) is 0 Å². The van der Waals surface area contributed by atoms with Crippen molar-refractivity contribution < 1.29 is 9.53 Å². The number of fused-ring (bicyclic) bond motifs is 1. The van der Waals surface area contributed by atoms with Crippen LogP contribution in [0.25, 0.3) is 11.0 Å². The highest BCUT2D eigenvalue weighted by Gasteiger charge is 2.18. The molecule has 0 radical (unpaired) electrons. The second kappa shape index (κ2) is 7.23. The molecule has 0 aliphatic heterocycles. The van der Waals surface area contributed by atoms with E-state index in [-0.39, 0.29) is 11.9 Å². The first kappa shape index (κ1) is 16.1. The van der Waals surface area contributed by atoms with E-state index in [1.807, 2.05) is 31.2 Å². The minimum atomic E-state index is -0.227. The number of pyridine rings is 1. The van der Waals surface area contributed by atoms with Crippen LogP contribution in [0.4, 0.5) is 0 Å². The molecule has 0 aliphatic carbocycles. The van der Waals surface area contributed by atoms with Gasteiger partial charge in [-0.3, -0.25) is 9.78 Å². The van der Waals surface area contributed by atoms with Gasteiger partial charge in [0.1, 0.15) is 5.82 Å². The summed E-state index contributed by atoms with van der Waals surface area (Å²) in [5, 5.41) is 3.00. The molecule has 0 saturated carbocycles. The van der Waals surface area contributed by atoms with Crippen molar-refractivity contribution >= 4 is 16.9 Å². The fourth-order valence-corrected chi connectivity index (χ4v) is 2.69. The Morgan fingerprint density at radius 1 is 1.25 bits per heavy atom. The first-order valence-corrected chi connectivity index (χ1v) is 7.85. The van der Waals surface area contributed by atoms with Gasteiger partial charge in [0.25, 0.3) is 5.91 Å². The van der Waals surface area contributed by atoms with Crippen LogP contribution < -0.4 is 5.32 Å². The lowest BCUT2D eigenvalue weighted by atomic mass is 10.2.